The lowest BCUT2D eigenvalue weighted by Crippen LogP contribution is -2.58. The molecule has 0 saturated carbocycles. The fourth-order valence-electron chi connectivity index (χ4n) is 6.90. The quantitative estimate of drug-likeness (QED) is 0.290. The summed E-state index contributed by atoms with van der Waals surface area (Å²) in [6, 6.07) is 22.6. The van der Waals surface area contributed by atoms with Crippen molar-refractivity contribution in [3.8, 4) is 17.2 Å². The van der Waals surface area contributed by atoms with Gasteiger partial charge >= 0.3 is 0 Å². The number of hydrogen-bond acceptors (Lipinski definition) is 4. The van der Waals surface area contributed by atoms with Crippen molar-refractivity contribution in [1.29, 1.82) is 5.26 Å². The molecule has 41 heavy (non-hydrogen) atoms. The Morgan fingerprint density at radius 3 is 2.41 bits per heavy atom. The summed E-state index contributed by atoms with van der Waals surface area (Å²) in [4.78, 5) is 18.4. The molecule has 1 amide bonds. The molecule has 1 atom stereocenters. The first-order valence-corrected chi connectivity index (χ1v) is 15.5. The van der Waals surface area contributed by atoms with Crippen LogP contribution in [0.3, 0.4) is 0 Å². The van der Waals surface area contributed by atoms with E-state index in [1.807, 2.05) is 18.2 Å². The second kappa shape index (κ2) is 13.0. The van der Waals surface area contributed by atoms with Crippen LogP contribution in [0.25, 0.3) is 11.1 Å². The summed E-state index contributed by atoms with van der Waals surface area (Å²) in [5.41, 5.74) is 5.95. The number of nitrogens with one attached hydrogen (secondary N) is 1. The average Bonchev–Trinajstić information content (AvgIpc) is 2.97. The maximum absolute atomic E-state index is 13.4. The van der Waals surface area contributed by atoms with E-state index in [2.05, 4.69) is 59.3 Å². The summed E-state index contributed by atoms with van der Waals surface area (Å²) in [7, 11) is 0. The standard InChI is InChI=1S/C34H38Cl2N4O/c1-3-6-31(4-2)39-15-12-34(13-16-39)32-10-9-26(25-8-5-7-24(17-25)22-37)18-27(32)11-14-40(34)23-33(41)38-30-20-28(35)19-29(36)21-30/h5,7-10,17-21,31H,3-4,6,11-16,23H2,1-2H3,(H,38,41). The molecule has 0 bridgehead atoms. The van der Waals surface area contributed by atoms with Crippen LogP contribution >= 0.6 is 23.2 Å². The second-order valence-electron chi connectivity index (χ2n) is 11.4. The zero-order valence-corrected chi connectivity index (χ0v) is 25.4. The van der Waals surface area contributed by atoms with E-state index in [-0.39, 0.29) is 11.4 Å². The van der Waals surface area contributed by atoms with Crippen molar-refractivity contribution in [2.45, 2.75) is 64.0 Å². The van der Waals surface area contributed by atoms with Gasteiger partial charge in [0, 0.05) is 46.9 Å². The Morgan fingerprint density at radius 2 is 1.73 bits per heavy atom. The van der Waals surface area contributed by atoms with Gasteiger partial charge in [0.2, 0.25) is 5.91 Å². The van der Waals surface area contributed by atoms with Gasteiger partial charge in [-0.3, -0.25) is 9.69 Å². The van der Waals surface area contributed by atoms with E-state index in [1.54, 1.807) is 18.2 Å². The van der Waals surface area contributed by atoms with Gasteiger partial charge in [-0.25, -0.2) is 0 Å². The maximum Gasteiger partial charge on any atom is 0.238 e. The third kappa shape index (κ3) is 6.47. The Labute approximate surface area is 254 Å². The fraction of sp³-hybridized carbons (Fsp3) is 0.412. The second-order valence-corrected chi connectivity index (χ2v) is 12.2. The van der Waals surface area contributed by atoms with E-state index >= 15 is 0 Å². The lowest BCUT2D eigenvalue weighted by Gasteiger charge is -2.53. The summed E-state index contributed by atoms with van der Waals surface area (Å²) < 4.78 is 0. The highest BCUT2D eigenvalue weighted by atomic mass is 35.5. The van der Waals surface area contributed by atoms with Crippen LogP contribution in [0.5, 0.6) is 0 Å². The highest BCUT2D eigenvalue weighted by Gasteiger charge is 2.46. The number of carbonyl (C=O) groups excluding carboxylic acids is 1. The Bertz CT molecular complexity index is 1420. The van der Waals surface area contributed by atoms with Crippen molar-refractivity contribution in [2.75, 3.05) is 31.5 Å². The molecule has 3 aromatic rings. The zero-order chi connectivity index (χ0) is 29.0. The minimum absolute atomic E-state index is 0.0593. The molecule has 0 radical (unpaired) electrons. The molecule has 1 fully saturated rings. The summed E-state index contributed by atoms with van der Waals surface area (Å²) in [6.45, 7) is 7.72. The summed E-state index contributed by atoms with van der Waals surface area (Å²) >= 11 is 12.4. The number of rotatable bonds is 8. The predicted molar refractivity (Wildman–Crippen MR) is 168 cm³/mol. The molecule has 0 aliphatic carbocycles. The van der Waals surface area contributed by atoms with Crippen LogP contribution < -0.4 is 5.32 Å². The van der Waals surface area contributed by atoms with E-state index < -0.39 is 0 Å². The van der Waals surface area contributed by atoms with Gasteiger partial charge in [-0.05, 0) is 84.7 Å². The van der Waals surface area contributed by atoms with Crippen LogP contribution in [0, 0.1) is 11.3 Å². The zero-order valence-electron chi connectivity index (χ0n) is 23.9. The van der Waals surface area contributed by atoms with E-state index in [4.69, 9.17) is 23.2 Å². The van der Waals surface area contributed by atoms with Crippen molar-refractivity contribution in [1.82, 2.24) is 9.80 Å². The normalized spacial score (nSPS) is 17.5. The molecule has 7 heteroatoms. The van der Waals surface area contributed by atoms with Gasteiger partial charge in [-0.15, -0.1) is 0 Å². The number of likely N-dealkylation sites (tertiary alicyclic amines) is 1. The summed E-state index contributed by atoms with van der Waals surface area (Å²) in [6.07, 6.45) is 6.42. The van der Waals surface area contributed by atoms with Crippen molar-refractivity contribution in [3.63, 3.8) is 0 Å². The molecule has 3 aromatic carbocycles. The third-order valence-electron chi connectivity index (χ3n) is 8.90. The van der Waals surface area contributed by atoms with Crippen LogP contribution in [0.1, 0.15) is 62.6 Å². The lowest BCUT2D eigenvalue weighted by molar-refractivity contribution is -0.120. The number of piperidine rings is 1. The topological polar surface area (TPSA) is 59.4 Å². The van der Waals surface area contributed by atoms with Crippen molar-refractivity contribution in [3.05, 3.63) is 87.4 Å². The van der Waals surface area contributed by atoms with Crippen molar-refractivity contribution < 1.29 is 4.79 Å². The van der Waals surface area contributed by atoms with E-state index in [1.165, 1.54) is 24.0 Å². The number of halogens is 2. The number of nitriles is 1. The SMILES string of the molecule is CCCC(CC)N1CCC2(CC1)c1ccc(-c3cccc(C#N)c3)cc1CCN2CC(=O)Nc1cc(Cl)cc(Cl)c1. The molecular weight excluding hydrogens is 551 g/mol. The number of nitrogens with zero attached hydrogens (tertiary/aromatic N) is 3. The molecule has 1 spiro atoms. The number of fused-ring (bicyclic) bond motifs is 2. The van der Waals surface area contributed by atoms with Gasteiger partial charge in [0.15, 0.2) is 0 Å². The van der Waals surface area contributed by atoms with Crippen molar-refractivity contribution in [2.24, 2.45) is 0 Å². The molecule has 1 unspecified atom stereocenters. The van der Waals surface area contributed by atoms with Gasteiger partial charge < -0.3 is 10.2 Å². The summed E-state index contributed by atoms with van der Waals surface area (Å²) in [5.74, 6) is -0.0593. The minimum Gasteiger partial charge on any atom is -0.325 e. The predicted octanol–water partition coefficient (Wildman–Crippen LogP) is 7.90. The lowest BCUT2D eigenvalue weighted by atomic mass is 9.73. The molecule has 5 nitrogen and oxygen atoms in total. The first-order chi connectivity index (χ1) is 19.8. The molecule has 0 aromatic heterocycles. The average molecular weight is 590 g/mol. The van der Waals surface area contributed by atoms with Gasteiger partial charge in [0.1, 0.15) is 0 Å². The molecule has 214 valence electrons. The Hall–Kier alpha value is -2.88. The van der Waals surface area contributed by atoms with Gasteiger partial charge in [-0.2, -0.15) is 5.26 Å². The molecule has 2 aliphatic rings. The van der Waals surface area contributed by atoms with Crippen LogP contribution in [0.15, 0.2) is 60.7 Å². The Balaban J connectivity index is 1.44. The maximum atomic E-state index is 13.4. The molecule has 2 aliphatic heterocycles. The van der Waals surface area contributed by atoms with Crippen LogP contribution in [0.2, 0.25) is 10.0 Å². The van der Waals surface area contributed by atoms with Crippen LogP contribution in [-0.2, 0) is 16.8 Å². The highest BCUT2D eigenvalue weighted by molar-refractivity contribution is 6.35. The number of carbonyl (C=O) groups is 1. The van der Waals surface area contributed by atoms with E-state index in [0.717, 1.165) is 56.4 Å². The van der Waals surface area contributed by atoms with Crippen LogP contribution in [-0.4, -0.2) is 47.9 Å². The number of hydrogen-bond donors (Lipinski definition) is 1. The van der Waals surface area contributed by atoms with E-state index in [9.17, 15) is 10.1 Å². The van der Waals surface area contributed by atoms with Gasteiger partial charge in [0.25, 0.3) is 0 Å². The van der Waals surface area contributed by atoms with E-state index in [0.29, 0.717) is 33.9 Å². The molecular formula is C34H38Cl2N4O. The number of amides is 1. The monoisotopic (exact) mass is 588 g/mol. The van der Waals surface area contributed by atoms with Gasteiger partial charge in [0.05, 0.1) is 18.2 Å². The minimum atomic E-state index is -0.203. The van der Waals surface area contributed by atoms with Crippen molar-refractivity contribution >= 4 is 34.8 Å². The largest absolute Gasteiger partial charge is 0.325 e. The smallest absolute Gasteiger partial charge is 0.238 e. The highest BCUT2D eigenvalue weighted by Crippen LogP contribution is 2.45. The molecule has 2 heterocycles. The first-order valence-electron chi connectivity index (χ1n) is 14.7. The number of benzene rings is 3. The number of anilines is 1. The first kappa shape index (κ1) is 29.6. The fourth-order valence-corrected chi connectivity index (χ4v) is 7.42. The van der Waals surface area contributed by atoms with Gasteiger partial charge in [-0.1, -0.05) is 73.8 Å². The molecule has 1 saturated heterocycles. The van der Waals surface area contributed by atoms with Crippen LogP contribution in [0.4, 0.5) is 5.69 Å². The molecule has 5 rings (SSSR count). The Kier molecular flexibility index (Phi) is 9.36. The third-order valence-corrected chi connectivity index (χ3v) is 9.34. The Morgan fingerprint density at radius 1 is 1.00 bits per heavy atom. The molecule has 1 N–H and O–H groups in total. The summed E-state index contributed by atoms with van der Waals surface area (Å²) in [5, 5.41) is 13.4.